The zero-order chi connectivity index (χ0) is 18.8. The van der Waals surface area contributed by atoms with Crippen molar-refractivity contribution in [2.24, 2.45) is 5.92 Å². The third-order valence-electron chi connectivity index (χ3n) is 3.94. The number of halogens is 1. The Bertz CT molecular complexity index is 856. The topological polar surface area (TPSA) is 97.6 Å². The maximum atomic E-state index is 13.7. The highest BCUT2D eigenvalue weighted by Crippen LogP contribution is 2.34. The predicted octanol–water partition coefficient (Wildman–Crippen LogP) is 2.19. The Morgan fingerprint density at radius 3 is 2.77 bits per heavy atom. The molecular weight excluding hydrogens is 339 g/mol. The minimum atomic E-state index is -0.741. The van der Waals surface area contributed by atoms with Crippen molar-refractivity contribution in [2.75, 3.05) is 22.5 Å². The van der Waals surface area contributed by atoms with Crippen molar-refractivity contribution in [2.45, 2.75) is 20.0 Å². The number of nitrogens with two attached hydrogens (primary N) is 1. The number of nitrogens with zero attached hydrogens (tertiary/aromatic N) is 2. The summed E-state index contributed by atoms with van der Waals surface area (Å²) in [6, 6.07) is 8.97. The van der Waals surface area contributed by atoms with E-state index in [9.17, 15) is 14.0 Å². The van der Waals surface area contributed by atoms with Crippen LogP contribution in [0.5, 0.6) is 5.75 Å². The number of benzene rings is 1. The number of para-hydroxylation sites is 1. The molecule has 1 aliphatic heterocycles. The molecule has 1 aromatic carbocycles. The lowest BCUT2D eigenvalue weighted by Gasteiger charge is -2.34. The number of hydrogen-bond donors (Lipinski definition) is 2. The van der Waals surface area contributed by atoms with Gasteiger partial charge in [0, 0.05) is 0 Å². The maximum absolute atomic E-state index is 13.7. The van der Waals surface area contributed by atoms with E-state index in [1.54, 1.807) is 18.2 Å². The fourth-order valence-corrected chi connectivity index (χ4v) is 2.65. The second-order valence-electron chi connectivity index (χ2n) is 6.29. The molecule has 1 unspecified atom stereocenters. The first-order valence-corrected chi connectivity index (χ1v) is 8.15. The number of rotatable bonds is 4. The number of nitrogens with one attached hydrogen (secondary N) is 1. The van der Waals surface area contributed by atoms with E-state index in [1.165, 1.54) is 23.1 Å². The quantitative estimate of drug-likeness (QED) is 0.873. The van der Waals surface area contributed by atoms with Gasteiger partial charge in [-0.25, -0.2) is 9.37 Å². The molecule has 0 radical (unpaired) electrons. The van der Waals surface area contributed by atoms with Gasteiger partial charge in [0.2, 0.25) is 5.91 Å². The Morgan fingerprint density at radius 1 is 1.35 bits per heavy atom. The monoisotopic (exact) mass is 358 g/mol. The van der Waals surface area contributed by atoms with Crippen LogP contribution in [0.1, 0.15) is 13.8 Å². The molecule has 1 aromatic heterocycles. The van der Waals surface area contributed by atoms with Crippen LogP contribution in [0.15, 0.2) is 36.4 Å². The van der Waals surface area contributed by atoms with Gasteiger partial charge in [-0.15, -0.1) is 0 Å². The lowest BCUT2D eigenvalue weighted by molar-refractivity contribution is -0.129. The molecular formula is C18H19FN4O3. The van der Waals surface area contributed by atoms with Gasteiger partial charge >= 0.3 is 0 Å². The number of amides is 2. The standard InChI is InChI=1S/C18H19FN4O3/c1-10(2)16-18(25)23(17-13(26-16)7-8-14(20)22-17)9-15(24)21-12-6-4-3-5-11(12)19/h3-8,10,16H,9H2,1-2H3,(H2,20,22)(H,21,24). The van der Waals surface area contributed by atoms with Crippen LogP contribution in [-0.4, -0.2) is 29.4 Å². The van der Waals surface area contributed by atoms with E-state index < -0.39 is 23.7 Å². The summed E-state index contributed by atoms with van der Waals surface area (Å²) in [7, 11) is 0. The summed E-state index contributed by atoms with van der Waals surface area (Å²) >= 11 is 0. The summed E-state index contributed by atoms with van der Waals surface area (Å²) in [6.07, 6.45) is -0.741. The first kappa shape index (κ1) is 17.7. The molecule has 1 aliphatic rings. The summed E-state index contributed by atoms with van der Waals surface area (Å²) in [5.74, 6) is -0.867. The molecule has 3 N–H and O–H groups in total. The van der Waals surface area contributed by atoms with Gasteiger partial charge in [0.1, 0.15) is 18.2 Å². The Hall–Kier alpha value is -3.16. The number of fused-ring (bicyclic) bond motifs is 1. The molecule has 2 heterocycles. The largest absolute Gasteiger partial charge is 0.476 e. The van der Waals surface area contributed by atoms with Gasteiger partial charge < -0.3 is 15.8 Å². The van der Waals surface area contributed by atoms with E-state index in [1.807, 2.05) is 13.8 Å². The van der Waals surface area contributed by atoms with Crippen LogP contribution in [0, 0.1) is 11.7 Å². The van der Waals surface area contributed by atoms with Gasteiger partial charge in [-0.3, -0.25) is 14.5 Å². The van der Waals surface area contributed by atoms with Crippen molar-refractivity contribution in [3.8, 4) is 5.75 Å². The smallest absolute Gasteiger partial charge is 0.270 e. The van der Waals surface area contributed by atoms with Crippen molar-refractivity contribution in [3.63, 3.8) is 0 Å². The number of hydrogen-bond acceptors (Lipinski definition) is 5. The summed E-state index contributed by atoms with van der Waals surface area (Å²) < 4.78 is 19.4. The van der Waals surface area contributed by atoms with E-state index >= 15 is 0 Å². The summed E-state index contributed by atoms with van der Waals surface area (Å²) in [5, 5.41) is 2.46. The van der Waals surface area contributed by atoms with E-state index in [2.05, 4.69) is 10.3 Å². The van der Waals surface area contributed by atoms with Crippen LogP contribution in [0.2, 0.25) is 0 Å². The molecule has 2 aromatic rings. The van der Waals surface area contributed by atoms with Crippen molar-refractivity contribution in [3.05, 3.63) is 42.2 Å². The highest BCUT2D eigenvalue weighted by Gasteiger charge is 2.38. The minimum absolute atomic E-state index is 0.0411. The molecule has 0 saturated heterocycles. The first-order valence-electron chi connectivity index (χ1n) is 8.15. The van der Waals surface area contributed by atoms with E-state index in [0.29, 0.717) is 5.75 Å². The van der Waals surface area contributed by atoms with Crippen molar-refractivity contribution < 1.29 is 18.7 Å². The van der Waals surface area contributed by atoms with Gasteiger partial charge in [0.25, 0.3) is 5.91 Å². The molecule has 3 rings (SSSR count). The summed E-state index contributed by atoms with van der Waals surface area (Å²) in [5.41, 5.74) is 5.74. The molecule has 7 nitrogen and oxygen atoms in total. The molecule has 136 valence electrons. The number of aromatic nitrogens is 1. The molecule has 0 saturated carbocycles. The van der Waals surface area contributed by atoms with Gasteiger partial charge in [-0.2, -0.15) is 0 Å². The van der Waals surface area contributed by atoms with Crippen LogP contribution in [-0.2, 0) is 9.59 Å². The lowest BCUT2D eigenvalue weighted by Crippen LogP contribution is -2.51. The summed E-state index contributed by atoms with van der Waals surface area (Å²) in [6.45, 7) is 3.36. The zero-order valence-corrected chi connectivity index (χ0v) is 14.4. The van der Waals surface area contributed by atoms with E-state index in [0.717, 1.165) is 0 Å². The third-order valence-corrected chi connectivity index (χ3v) is 3.94. The molecule has 0 spiro atoms. The number of pyridine rings is 1. The Labute approximate surface area is 150 Å². The second-order valence-corrected chi connectivity index (χ2v) is 6.29. The van der Waals surface area contributed by atoms with Gasteiger partial charge in [-0.1, -0.05) is 26.0 Å². The van der Waals surface area contributed by atoms with Crippen molar-refractivity contribution >= 4 is 29.1 Å². The number of ether oxygens (including phenoxy) is 1. The van der Waals surface area contributed by atoms with Gasteiger partial charge in [0.05, 0.1) is 5.69 Å². The van der Waals surface area contributed by atoms with Crippen LogP contribution >= 0.6 is 0 Å². The Kier molecular flexibility index (Phi) is 4.75. The average molecular weight is 358 g/mol. The predicted molar refractivity (Wildman–Crippen MR) is 95.3 cm³/mol. The van der Waals surface area contributed by atoms with Gasteiger partial charge in [0.15, 0.2) is 17.7 Å². The fourth-order valence-electron chi connectivity index (χ4n) is 2.65. The molecule has 1 atom stereocenters. The number of anilines is 3. The molecule has 2 amide bonds. The van der Waals surface area contributed by atoms with Crippen LogP contribution in [0.25, 0.3) is 0 Å². The normalized spacial score (nSPS) is 16.2. The lowest BCUT2D eigenvalue weighted by atomic mass is 10.0. The number of carbonyl (C=O) groups excluding carboxylic acids is 2. The third kappa shape index (κ3) is 3.44. The van der Waals surface area contributed by atoms with Crippen LogP contribution < -0.4 is 20.7 Å². The molecule has 0 aliphatic carbocycles. The number of nitrogen functional groups attached to an aromatic ring is 1. The molecule has 26 heavy (non-hydrogen) atoms. The Balaban J connectivity index is 1.87. The SMILES string of the molecule is CC(C)C1Oc2ccc(N)nc2N(CC(=O)Nc2ccccc2F)C1=O. The van der Waals surface area contributed by atoms with E-state index in [4.69, 9.17) is 10.5 Å². The molecule has 8 heteroatoms. The highest BCUT2D eigenvalue weighted by molar-refractivity contribution is 6.05. The van der Waals surface area contributed by atoms with Crippen molar-refractivity contribution in [1.29, 1.82) is 0 Å². The second kappa shape index (κ2) is 6.99. The number of carbonyl (C=O) groups is 2. The van der Waals surface area contributed by atoms with Crippen LogP contribution in [0.4, 0.5) is 21.7 Å². The zero-order valence-electron chi connectivity index (χ0n) is 14.4. The maximum Gasteiger partial charge on any atom is 0.270 e. The summed E-state index contributed by atoms with van der Waals surface area (Å²) in [4.78, 5) is 30.5. The highest BCUT2D eigenvalue weighted by atomic mass is 19.1. The van der Waals surface area contributed by atoms with Gasteiger partial charge in [-0.05, 0) is 30.2 Å². The van der Waals surface area contributed by atoms with Crippen LogP contribution in [0.3, 0.4) is 0 Å². The molecule has 0 fully saturated rings. The minimum Gasteiger partial charge on any atom is -0.476 e. The van der Waals surface area contributed by atoms with E-state index in [-0.39, 0.29) is 29.8 Å². The molecule has 0 bridgehead atoms. The first-order chi connectivity index (χ1) is 12.4. The Morgan fingerprint density at radius 2 is 2.08 bits per heavy atom. The average Bonchev–Trinajstić information content (AvgIpc) is 2.59. The van der Waals surface area contributed by atoms with Crippen molar-refractivity contribution in [1.82, 2.24) is 4.98 Å². The fraction of sp³-hybridized carbons (Fsp3) is 0.278.